The van der Waals surface area contributed by atoms with Crippen molar-refractivity contribution < 1.29 is 23.1 Å². The van der Waals surface area contributed by atoms with Crippen LogP contribution in [-0.4, -0.2) is 50.4 Å². The van der Waals surface area contributed by atoms with Crippen LogP contribution in [-0.2, 0) is 11.1 Å². The highest BCUT2D eigenvalue weighted by Crippen LogP contribution is 2.29. The third-order valence-electron chi connectivity index (χ3n) is 3.99. The predicted octanol–water partition coefficient (Wildman–Crippen LogP) is 1.01. The number of guanidine groups is 1. The lowest BCUT2D eigenvalue weighted by atomic mass is 10.1. The van der Waals surface area contributed by atoms with Gasteiger partial charge in [-0.25, -0.2) is 0 Å². The van der Waals surface area contributed by atoms with Gasteiger partial charge < -0.3 is 26.1 Å². The Labute approximate surface area is 184 Å². The molecule has 2 aromatic rings. The summed E-state index contributed by atoms with van der Waals surface area (Å²) in [7, 11) is 0. The largest absolute Gasteiger partial charge is 0.768 e. The summed E-state index contributed by atoms with van der Waals surface area (Å²) in [5.74, 6) is -0.711. The highest BCUT2D eigenvalue weighted by atomic mass is 32.2. The third-order valence-corrected chi connectivity index (χ3v) is 5.62. The van der Waals surface area contributed by atoms with E-state index in [9.17, 15) is 18.4 Å². The van der Waals surface area contributed by atoms with Gasteiger partial charge in [0.15, 0.2) is 16.9 Å². The van der Waals surface area contributed by atoms with Crippen molar-refractivity contribution in [1.82, 2.24) is 5.32 Å². The maximum atomic E-state index is 12.3. The zero-order valence-corrected chi connectivity index (χ0v) is 17.7. The van der Waals surface area contributed by atoms with Crippen molar-refractivity contribution in [2.75, 3.05) is 18.8 Å². The van der Waals surface area contributed by atoms with Gasteiger partial charge in [-0.05, 0) is 53.5 Å². The molecule has 0 saturated carbocycles. The van der Waals surface area contributed by atoms with Crippen molar-refractivity contribution >= 4 is 45.7 Å². The van der Waals surface area contributed by atoms with Gasteiger partial charge in [0.25, 0.3) is 5.91 Å². The van der Waals surface area contributed by atoms with Crippen molar-refractivity contribution in [2.24, 2.45) is 21.5 Å². The van der Waals surface area contributed by atoms with E-state index in [4.69, 9.17) is 16.2 Å². The summed E-state index contributed by atoms with van der Waals surface area (Å²) in [5.41, 5.74) is 10.8. The molecular formula is C19H18N5O5S2-. The number of ether oxygens (including phenoxy) is 1. The molecule has 0 radical (unpaired) electrons. The van der Waals surface area contributed by atoms with Gasteiger partial charge >= 0.3 is 0 Å². The highest BCUT2D eigenvalue weighted by Gasteiger charge is 2.14. The van der Waals surface area contributed by atoms with E-state index in [1.807, 2.05) is 0 Å². The molecule has 162 valence electrons. The number of Topliss-reactive ketones (excluding diaryl/α,β-unsaturated/α-hetero) is 1. The van der Waals surface area contributed by atoms with Crippen LogP contribution in [0.25, 0.3) is 0 Å². The fraction of sp³-hybridized carbons (Fsp3) is 0.158. The van der Waals surface area contributed by atoms with Crippen LogP contribution in [0.4, 0.5) is 0 Å². The quantitative estimate of drug-likeness (QED) is 0.236. The summed E-state index contributed by atoms with van der Waals surface area (Å²) in [5, 5.41) is 3.84. The maximum absolute atomic E-state index is 12.3. The molecule has 10 nitrogen and oxygen atoms in total. The van der Waals surface area contributed by atoms with Crippen LogP contribution in [0.15, 0.2) is 57.3 Å². The Bertz CT molecular complexity index is 1080. The van der Waals surface area contributed by atoms with E-state index in [1.54, 1.807) is 24.3 Å². The number of rotatable bonds is 7. The Balaban J connectivity index is 1.71. The third kappa shape index (κ3) is 6.13. The SMILES string of the molecule is NC(N)=NC(=O)c1ccc(Oc2ccc(C(=O)CSC3=NCCN3)cc2)c(S(=O)[O-])c1. The van der Waals surface area contributed by atoms with E-state index in [2.05, 4.69) is 15.3 Å². The summed E-state index contributed by atoms with van der Waals surface area (Å²) in [6.07, 6.45) is 0. The molecule has 0 fully saturated rings. The van der Waals surface area contributed by atoms with Gasteiger partial charge in [-0.3, -0.25) is 18.8 Å². The number of aliphatic imine (C=N–C) groups is 2. The summed E-state index contributed by atoms with van der Waals surface area (Å²) in [6, 6.07) is 10.1. The molecule has 0 aromatic heterocycles. The molecule has 1 unspecified atom stereocenters. The van der Waals surface area contributed by atoms with Crippen molar-refractivity contribution in [2.45, 2.75) is 4.90 Å². The molecule has 1 aliphatic rings. The smallest absolute Gasteiger partial charge is 0.280 e. The number of nitrogens with two attached hydrogens (primary N) is 2. The Morgan fingerprint density at radius 2 is 1.90 bits per heavy atom. The monoisotopic (exact) mass is 460 g/mol. The molecule has 1 atom stereocenters. The van der Waals surface area contributed by atoms with Crippen LogP contribution in [0.1, 0.15) is 20.7 Å². The molecule has 3 rings (SSSR count). The number of carbonyl (C=O) groups is 2. The lowest BCUT2D eigenvalue weighted by Crippen LogP contribution is -2.24. The fourth-order valence-electron chi connectivity index (χ4n) is 2.56. The number of ketones is 1. The van der Waals surface area contributed by atoms with E-state index in [1.165, 1.54) is 23.9 Å². The van der Waals surface area contributed by atoms with Crippen molar-refractivity contribution in [1.29, 1.82) is 0 Å². The summed E-state index contributed by atoms with van der Waals surface area (Å²) in [4.78, 5) is 31.6. The van der Waals surface area contributed by atoms with Crippen LogP contribution >= 0.6 is 11.8 Å². The molecule has 0 aliphatic carbocycles. The zero-order chi connectivity index (χ0) is 22.4. The summed E-state index contributed by atoms with van der Waals surface area (Å²) in [6.45, 7) is 1.49. The molecule has 2 aromatic carbocycles. The van der Waals surface area contributed by atoms with Gasteiger partial charge in [-0.2, -0.15) is 4.99 Å². The van der Waals surface area contributed by atoms with Crippen LogP contribution in [0, 0.1) is 0 Å². The number of benzene rings is 2. The number of hydrogen-bond donors (Lipinski definition) is 3. The van der Waals surface area contributed by atoms with Gasteiger partial charge in [0, 0.05) is 17.7 Å². The molecular weight excluding hydrogens is 442 g/mol. The number of amidine groups is 1. The number of thioether (sulfide) groups is 1. The minimum absolute atomic E-state index is 0.00883. The Morgan fingerprint density at radius 1 is 1.19 bits per heavy atom. The first-order valence-corrected chi connectivity index (χ1v) is 11.0. The van der Waals surface area contributed by atoms with Gasteiger partial charge in [-0.1, -0.05) is 11.8 Å². The number of nitrogens with zero attached hydrogens (tertiary/aromatic N) is 2. The van der Waals surface area contributed by atoms with Crippen LogP contribution in [0.3, 0.4) is 0 Å². The summed E-state index contributed by atoms with van der Waals surface area (Å²) >= 11 is -1.34. The molecule has 1 amide bonds. The first-order chi connectivity index (χ1) is 14.8. The van der Waals surface area contributed by atoms with Gasteiger partial charge in [-0.15, -0.1) is 0 Å². The highest BCUT2D eigenvalue weighted by molar-refractivity contribution is 8.14. The average molecular weight is 461 g/mol. The molecule has 1 heterocycles. The van der Waals surface area contributed by atoms with Gasteiger partial charge in [0.05, 0.1) is 17.2 Å². The number of hydrogen-bond acceptors (Lipinski definition) is 8. The van der Waals surface area contributed by atoms with Crippen LogP contribution in [0.2, 0.25) is 0 Å². The first-order valence-electron chi connectivity index (χ1n) is 8.93. The minimum Gasteiger partial charge on any atom is -0.768 e. The molecule has 5 N–H and O–H groups in total. The van der Waals surface area contributed by atoms with Gasteiger partial charge in [0.2, 0.25) is 0 Å². The molecule has 0 spiro atoms. The fourth-order valence-corrected chi connectivity index (χ4v) is 3.88. The maximum Gasteiger partial charge on any atom is 0.280 e. The van der Waals surface area contributed by atoms with E-state index in [0.29, 0.717) is 17.9 Å². The predicted molar refractivity (Wildman–Crippen MR) is 117 cm³/mol. The van der Waals surface area contributed by atoms with E-state index in [-0.39, 0.29) is 27.7 Å². The van der Waals surface area contributed by atoms with E-state index >= 15 is 0 Å². The van der Waals surface area contributed by atoms with E-state index < -0.39 is 22.9 Å². The topological polar surface area (TPSA) is 172 Å². The number of nitrogens with one attached hydrogen (secondary N) is 1. The van der Waals surface area contributed by atoms with Crippen molar-refractivity contribution in [3.8, 4) is 11.5 Å². The first kappa shape index (κ1) is 22.5. The summed E-state index contributed by atoms with van der Waals surface area (Å²) < 4.78 is 28.8. The molecule has 12 heteroatoms. The second-order valence-electron chi connectivity index (χ2n) is 6.19. The normalized spacial score (nSPS) is 13.6. The standard InChI is InChI=1S/C19H19N5O5S2/c20-18(21)24-17(26)12-3-6-15(16(9-12)31(27)28)29-13-4-1-11(2-5-13)14(25)10-30-19-22-7-8-23-19/h1-6,9H,7-8,10H2,(H,22,23)(H,27,28)(H4,20,21,24,26)/p-1. The lowest BCUT2D eigenvalue weighted by Gasteiger charge is -2.14. The van der Waals surface area contributed by atoms with Crippen molar-refractivity contribution in [3.05, 3.63) is 53.6 Å². The average Bonchev–Trinajstić information content (AvgIpc) is 3.26. The Morgan fingerprint density at radius 3 is 2.52 bits per heavy atom. The zero-order valence-electron chi connectivity index (χ0n) is 16.1. The van der Waals surface area contributed by atoms with Crippen molar-refractivity contribution in [3.63, 3.8) is 0 Å². The molecule has 1 aliphatic heterocycles. The molecule has 0 bridgehead atoms. The Kier molecular flexibility index (Phi) is 7.39. The Hall–Kier alpha value is -3.22. The molecule has 0 saturated heterocycles. The van der Waals surface area contributed by atoms with Gasteiger partial charge in [0.1, 0.15) is 11.5 Å². The lowest BCUT2D eigenvalue weighted by molar-refractivity contribution is 0.0999. The molecule has 31 heavy (non-hydrogen) atoms. The van der Waals surface area contributed by atoms with E-state index in [0.717, 1.165) is 17.8 Å². The number of amides is 1. The van der Waals surface area contributed by atoms with Crippen LogP contribution < -0.4 is 21.5 Å². The number of carbonyl (C=O) groups excluding carboxylic acids is 2. The second kappa shape index (κ2) is 10.2. The second-order valence-corrected chi connectivity index (χ2v) is 8.06. The van der Waals surface area contributed by atoms with Crippen LogP contribution in [0.5, 0.6) is 11.5 Å². The minimum atomic E-state index is -2.68.